The first-order valence-electron chi connectivity index (χ1n) is 5.81. The van der Waals surface area contributed by atoms with E-state index in [2.05, 4.69) is 5.32 Å². The van der Waals surface area contributed by atoms with Crippen molar-refractivity contribution in [3.8, 4) is 6.07 Å². The van der Waals surface area contributed by atoms with Gasteiger partial charge in [-0.2, -0.15) is 5.26 Å². The maximum absolute atomic E-state index is 13.0. The average Bonchev–Trinajstić information content (AvgIpc) is 2.45. The van der Waals surface area contributed by atoms with Crippen molar-refractivity contribution >= 4 is 5.91 Å². The molecule has 20 heavy (non-hydrogen) atoms. The summed E-state index contributed by atoms with van der Waals surface area (Å²) in [7, 11) is 0. The number of benzene rings is 2. The molecule has 0 saturated carbocycles. The number of amides is 1. The summed E-state index contributed by atoms with van der Waals surface area (Å²) in [5.41, 5.74) is 0.575. The first-order valence-corrected chi connectivity index (χ1v) is 5.81. The Labute approximate surface area is 114 Å². The normalized spacial score (nSPS) is 11.4. The number of hydrogen-bond acceptors (Lipinski definition) is 2. The third-order valence-corrected chi connectivity index (χ3v) is 2.69. The van der Waals surface area contributed by atoms with E-state index in [1.165, 1.54) is 42.5 Å². The predicted molar refractivity (Wildman–Crippen MR) is 68.6 cm³/mol. The van der Waals surface area contributed by atoms with Gasteiger partial charge in [0.25, 0.3) is 5.91 Å². The molecule has 1 atom stereocenters. The fraction of sp³-hybridized carbons (Fsp3) is 0.0667. The van der Waals surface area contributed by atoms with Gasteiger partial charge in [0, 0.05) is 5.56 Å². The standard InChI is InChI=1S/C15H10F2N2O/c16-12-6-4-10(5-7-12)14(9-18)19-15(20)11-2-1-3-13(17)8-11/h1-8,14H,(H,19,20)/t14-/m0/s1. The van der Waals surface area contributed by atoms with Crippen molar-refractivity contribution < 1.29 is 13.6 Å². The number of nitriles is 1. The number of hydrogen-bond donors (Lipinski definition) is 1. The number of carbonyl (C=O) groups is 1. The third kappa shape index (κ3) is 3.18. The molecule has 0 unspecified atom stereocenters. The van der Waals surface area contributed by atoms with Crippen LogP contribution in [0.15, 0.2) is 48.5 Å². The van der Waals surface area contributed by atoms with Gasteiger partial charge in [-0.05, 0) is 35.9 Å². The molecule has 3 nitrogen and oxygen atoms in total. The van der Waals surface area contributed by atoms with Crippen molar-refractivity contribution in [1.29, 1.82) is 5.26 Å². The topological polar surface area (TPSA) is 52.9 Å². The van der Waals surface area contributed by atoms with Gasteiger partial charge in [0.1, 0.15) is 17.7 Å². The molecule has 0 fully saturated rings. The Morgan fingerprint density at radius 2 is 1.80 bits per heavy atom. The fourth-order valence-corrected chi connectivity index (χ4v) is 1.69. The second-order valence-corrected chi connectivity index (χ2v) is 4.10. The van der Waals surface area contributed by atoms with Crippen LogP contribution in [0, 0.1) is 23.0 Å². The van der Waals surface area contributed by atoms with E-state index in [0.29, 0.717) is 5.56 Å². The summed E-state index contributed by atoms with van der Waals surface area (Å²) >= 11 is 0. The first kappa shape index (κ1) is 13.7. The van der Waals surface area contributed by atoms with Crippen LogP contribution in [0.2, 0.25) is 0 Å². The number of nitrogens with one attached hydrogen (secondary N) is 1. The molecule has 1 N–H and O–H groups in total. The van der Waals surface area contributed by atoms with E-state index in [4.69, 9.17) is 5.26 Å². The molecule has 0 aliphatic rings. The van der Waals surface area contributed by atoms with Crippen LogP contribution in [0.3, 0.4) is 0 Å². The van der Waals surface area contributed by atoms with Gasteiger partial charge in [0.15, 0.2) is 0 Å². The van der Waals surface area contributed by atoms with Gasteiger partial charge in [0.05, 0.1) is 6.07 Å². The van der Waals surface area contributed by atoms with E-state index in [9.17, 15) is 13.6 Å². The van der Waals surface area contributed by atoms with Crippen molar-refractivity contribution in [2.24, 2.45) is 0 Å². The van der Waals surface area contributed by atoms with E-state index in [1.807, 2.05) is 6.07 Å². The SMILES string of the molecule is N#C[C@H](NC(=O)c1cccc(F)c1)c1ccc(F)cc1. The highest BCUT2D eigenvalue weighted by Gasteiger charge is 2.15. The summed E-state index contributed by atoms with van der Waals surface area (Å²) in [4.78, 5) is 11.9. The largest absolute Gasteiger partial charge is 0.332 e. The van der Waals surface area contributed by atoms with Crippen molar-refractivity contribution in [3.05, 3.63) is 71.3 Å². The molecule has 1 amide bonds. The van der Waals surface area contributed by atoms with Crippen LogP contribution >= 0.6 is 0 Å². The third-order valence-electron chi connectivity index (χ3n) is 2.69. The van der Waals surface area contributed by atoms with Crippen molar-refractivity contribution in [2.75, 3.05) is 0 Å². The molecule has 0 spiro atoms. The molecule has 100 valence electrons. The lowest BCUT2D eigenvalue weighted by Crippen LogP contribution is -2.27. The maximum Gasteiger partial charge on any atom is 0.252 e. The van der Waals surface area contributed by atoms with E-state index in [1.54, 1.807) is 0 Å². The lowest BCUT2D eigenvalue weighted by Gasteiger charge is -2.12. The quantitative estimate of drug-likeness (QED) is 0.933. The highest BCUT2D eigenvalue weighted by molar-refractivity contribution is 5.94. The summed E-state index contributed by atoms with van der Waals surface area (Å²) in [5, 5.41) is 11.5. The minimum Gasteiger partial charge on any atom is -0.332 e. The number of nitrogens with zero attached hydrogens (tertiary/aromatic N) is 1. The first-order chi connectivity index (χ1) is 9.60. The van der Waals surface area contributed by atoms with Crippen molar-refractivity contribution in [3.63, 3.8) is 0 Å². The molecule has 0 heterocycles. The van der Waals surface area contributed by atoms with Crippen LogP contribution < -0.4 is 5.32 Å². The molecule has 0 bridgehead atoms. The fourth-order valence-electron chi connectivity index (χ4n) is 1.69. The van der Waals surface area contributed by atoms with Gasteiger partial charge in [-0.1, -0.05) is 18.2 Å². The number of rotatable bonds is 3. The number of halogens is 2. The Hall–Kier alpha value is -2.74. The van der Waals surface area contributed by atoms with Crippen LogP contribution in [0.25, 0.3) is 0 Å². The van der Waals surface area contributed by atoms with Crippen LogP contribution in [0.5, 0.6) is 0 Å². The summed E-state index contributed by atoms with van der Waals surface area (Å²) in [6.45, 7) is 0. The Balaban J connectivity index is 2.17. The van der Waals surface area contributed by atoms with E-state index < -0.39 is 23.6 Å². The molecule has 0 saturated heterocycles. The van der Waals surface area contributed by atoms with Gasteiger partial charge in [-0.25, -0.2) is 8.78 Å². The second-order valence-electron chi connectivity index (χ2n) is 4.10. The molecule has 0 aliphatic heterocycles. The van der Waals surface area contributed by atoms with E-state index >= 15 is 0 Å². The Kier molecular flexibility index (Phi) is 4.06. The lowest BCUT2D eigenvalue weighted by atomic mass is 10.1. The molecule has 0 aromatic heterocycles. The zero-order chi connectivity index (χ0) is 14.5. The molecular formula is C15H10F2N2O. The summed E-state index contributed by atoms with van der Waals surface area (Å²) in [6.07, 6.45) is 0. The molecule has 0 aliphatic carbocycles. The Morgan fingerprint density at radius 3 is 2.40 bits per heavy atom. The molecule has 5 heteroatoms. The van der Waals surface area contributed by atoms with Crippen molar-refractivity contribution in [2.45, 2.75) is 6.04 Å². The molecule has 2 aromatic rings. The van der Waals surface area contributed by atoms with Gasteiger partial charge < -0.3 is 5.32 Å². The van der Waals surface area contributed by atoms with Gasteiger partial charge >= 0.3 is 0 Å². The van der Waals surface area contributed by atoms with Crippen molar-refractivity contribution in [1.82, 2.24) is 5.32 Å². The van der Waals surface area contributed by atoms with E-state index in [-0.39, 0.29) is 5.56 Å². The highest BCUT2D eigenvalue weighted by Crippen LogP contribution is 2.14. The highest BCUT2D eigenvalue weighted by atomic mass is 19.1. The summed E-state index contributed by atoms with van der Waals surface area (Å²) in [5.74, 6) is -1.53. The summed E-state index contributed by atoms with van der Waals surface area (Å²) < 4.78 is 25.8. The monoisotopic (exact) mass is 272 g/mol. The molecule has 0 radical (unpaired) electrons. The zero-order valence-electron chi connectivity index (χ0n) is 10.3. The predicted octanol–water partition coefficient (Wildman–Crippen LogP) is 2.96. The Bertz CT molecular complexity index is 662. The minimum absolute atomic E-state index is 0.118. The van der Waals surface area contributed by atoms with Crippen LogP contribution in [0.4, 0.5) is 8.78 Å². The maximum atomic E-state index is 13.0. The lowest BCUT2D eigenvalue weighted by molar-refractivity contribution is 0.0944. The summed E-state index contributed by atoms with van der Waals surface area (Å²) in [6, 6.07) is 11.4. The average molecular weight is 272 g/mol. The van der Waals surface area contributed by atoms with Crippen LogP contribution in [-0.4, -0.2) is 5.91 Å². The van der Waals surface area contributed by atoms with Gasteiger partial charge in [0.2, 0.25) is 0 Å². The smallest absolute Gasteiger partial charge is 0.252 e. The van der Waals surface area contributed by atoms with Gasteiger partial charge in [-0.3, -0.25) is 4.79 Å². The van der Waals surface area contributed by atoms with Gasteiger partial charge in [-0.15, -0.1) is 0 Å². The molecule has 2 rings (SSSR count). The van der Waals surface area contributed by atoms with E-state index in [0.717, 1.165) is 6.07 Å². The number of carbonyl (C=O) groups excluding carboxylic acids is 1. The van der Waals surface area contributed by atoms with Crippen LogP contribution in [-0.2, 0) is 0 Å². The zero-order valence-corrected chi connectivity index (χ0v) is 10.3. The Morgan fingerprint density at radius 1 is 1.10 bits per heavy atom. The second kappa shape index (κ2) is 5.93. The molecular weight excluding hydrogens is 262 g/mol. The minimum atomic E-state index is -0.925. The van der Waals surface area contributed by atoms with Crippen LogP contribution in [0.1, 0.15) is 22.0 Å². The molecule has 2 aromatic carbocycles.